The predicted octanol–water partition coefficient (Wildman–Crippen LogP) is 6.95. The molecule has 0 amide bonds. The van der Waals surface area contributed by atoms with Crippen LogP contribution in [-0.4, -0.2) is 23.5 Å². The number of hydrogen-bond donors (Lipinski definition) is 1. The summed E-state index contributed by atoms with van der Waals surface area (Å²) < 4.78 is 2.51. The van der Waals surface area contributed by atoms with Crippen molar-refractivity contribution in [2.24, 2.45) is 11.8 Å². The predicted molar refractivity (Wildman–Crippen MR) is 147 cm³/mol. The molecule has 34 heavy (non-hydrogen) atoms. The molecule has 3 aliphatic rings. The van der Waals surface area contributed by atoms with Crippen molar-refractivity contribution in [3.63, 3.8) is 0 Å². The van der Waals surface area contributed by atoms with Crippen molar-refractivity contribution >= 4 is 31.9 Å². The third-order valence-electron chi connectivity index (χ3n) is 7.56. The summed E-state index contributed by atoms with van der Waals surface area (Å²) in [4.78, 5) is 2.57. The Balaban J connectivity index is 1.53. The van der Waals surface area contributed by atoms with Gasteiger partial charge in [-0.3, -0.25) is 0 Å². The van der Waals surface area contributed by atoms with Gasteiger partial charge in [0.2, 0.25) is 0 Å². The van der Waals surface area contributed by atoms with Gasteiger partial charge in [-0.2, -0.15) is 0 Å². The molecule has 0 saturated carbocycles. The highest BCUT2D eigenvalue weighted by Gasteiger charge is 2.50. The summed E-state index contributed by atoms with van der Waals surface area (Å²) in [5.41, 5.74) is 3.40. The third-order valence-corrected chi connectivity index (χ3v) is 9.11. The summed E-state index contributed by atoms with van der Waals surface area (Å²) in [6.45, 7) is 0.942. The minimum Gasteiger partial charge on any atom is -0.360 e. The van der Waals surface area contributed by atoms with Crippen LogP contribution in [0.1, 0.15) is 16.7 Å². The minimum atomic E-state index is -0.429. The lowest BCUT2D eigenvalue weighted by molar-refractivity contribution is 0.169. The van der Waals surface area contributed by atoms with E-state index in [0.717, 1.165) is 6.54 Å². The van der Waals surface area contributed by atoms with Crippen LogP contribution < -0.4 is 5.32 Å². The monoisotopic (exact) mass is 572 g/mol. The number of allylic oxidation sites excluding steroid dienone is 2. The number of nitrogens with zero attached hydrogens (tertiary/aromatic N) is 1. The summed E-state index contributed by atoms with van der Waals surface area (Å²) in [7, 11) is 0. The molecule has 1 fully saturated rings. The van der Waals surface area contributed by atoms with Crippen LogP contribution in [0.25, 0.3) is 0 Å². The van der Waals surface area contributed by atoms with Gasteiger partial charge in [-0.15, -0.1) is 0 Å². The Hall–Kier alpha value is -2.40. The molecular weight excluding hydrogens is 548 g/mol. The van der Waals surface area contributed by atoms with Gasteiger partial charge in [0, 0.05) is 39.4 Å². The summed E-state index contributed by atoms with van der Waals surface area (Å²) in [5.74, 6) is 0.842. The quantitative estimate of drug-likeness (QED) is 0.340. The molecule has 2 nitrogen and oxygen atoms in total. The summed E-state index contributed by atoms with van der Waals surface area (Å²) in [6.07, 6.45) is 9.07. The first-order valence-corrected chi connectivity index (χ1v) is 13.4. The smallest absolute Gasteiger partial charge is 0.116 e. The number of benzene rings is 3. The molecular formula is C30H26Br2N2. The normalized spacial score (nSPS) is 25.9. The lowest BCUT2D eigenvalue weighted by Crippen LogP contribution is -2.51. The van der Waals surface area contributed by atoms with Gasteiger partial charge in [-0.1, -0.05) is 135 Å². The van der Waals surface area contributed by atoms with E-state index < -0.39 is 5.54 Å². The first-order valence-electron chi connectivity index (χ1n) is 11.8. The van der Waals surface area contributed by atoms with Crippen LogP contribution >= 0.6 is 31.9 Å². The van der Waals surface area contributed by atoms with Crippen LogP contribution in [0.5, 0.6) is 0 Å². The molecule has 0 spiro atoms. The molecule has 2 aliphatic heterocycles. The summed E-state index contributed by atoms with van der Waals surface area (Å²) in [5, 5.41) is 3.87. The second kappa shape index (κ2) is 8.99. The third kappa shape index (κ3) is 3.46. The molecule has 3 aromatic carbocycles. The summed E-state index contributed by atoms with van der Waals surface area (Å²) in [6, 6.07) is 33.5. The number of nitrogens with one attached hydrogen (secondary N) is 1. The van der Waals surface area contributed by atoms with Gasteiger partial charge in [-0.05, 0) is 29.0 Å². The number of halogens is 2. The van der Waals surface area contributed by atoms with Gasteiger partial charge in [-0.25, -0.2) is 0 Å². The Labute approximate surface area is 218 Å². The molecule has 0 radical (unpaired) electrons. The molecule has 4 unspecified atom stereocenters. The Morgan fingerprint density at radius 3 is 1.74 bits per heavy atom. The fourth-order valence-electron chi connectivity index (χ4n) is 6.09. The number of fused-ring (bicyclic) bond motifs is 3. The van der Waals surface area contributed by atoms with Crippen molar-refractivity contribution in [2.45, 2.75) is 17.6 Å². The Bertz CT molecular complexity index is 1150. The fourth-order valence-corrected chi connectivity index (χ4v) is 7.37. The molecule has 4 atom stereocenters. The van der Waals surface area contributed by atoms with Crippen LogP contribution in [0.3, 0.4) is 0 Å². The van der Waals surface area contributed by atoms with Gasteiger partial charge in [0.1, 0.15) is 5.54 Å². The maximum absolute atomic E-state index is 3.90. The first kappa shape index (κ1) is 22.1. The first-order chi connectivity index (χ1) is 16.7. The molecule has 2 heterocycles. The molecule has 0 aromatic heterocycles. The average molecular weight is 574 g/mol. The van der Waals surface area contributed by atoms with Crippen molar-refractivity contribution in [1.29, 1.82) is 0 Å². The molecule has 6 rings (SSSR count). The van der Waals surface area contributed by atoms with Crippen LogP contribution in [0, 0.1) is 11.8 Å². The van der Waals surface area contributed by atoms with E-state index in [1.54, 1.807) is 0 Å². The zero-order chi connectivity index (χ0) is 23.1. The van der Waals surface area contributed by atoms with Gasteiger partial charge >= 0.3 is 0 Å². The van der Waals surface area contributed by atoms with E-state index in [4.69, 9.17) is 0 Å². The van der Waals surface area contributed by atoms with Crippen molar-refractivity contribution in [3.8, 4) is 0 Å². The zero-order valence-electron chi connectivity index (χ0n) is 18.7. The minimum absolute atomic E-state index is 0.304. The lowest BCUT2D eigenvalue weighted by atomic mass is 9.73. The number of hydrogen-bond acceptors (Lipinski definition) is 2. The molecule has 4 heteroatoms. The van der Waals surface area contributed by atoms with Gasteiger partial charge in [0.15, 0.2) is 0 Å². The lowest BCUT2D eigenvalue weighted by Gasteiger charge is -2.49. The van der Waals surface area contributed by atoms with E-state index in [1.165, 1.54) is 25.7 Å². The topological polar surface area (TPSA) is 15.3 Å². The Morgan fingerprint density at radius 1 is 0.706 bits per heavy atom. The van der Waals surface area contributed by atoms with E-state index in [0.29, 0.717) is 23.9 Å². The molecule has 170 valence electrons. The molecule has 1 aliphatic carbocycles. The van der Waals surface area contributed by atoms with E-state index in [2.05, 4.69) is 158 Å². The van der Waals surface area contributed by atoms with Crippen LogP contribution in [0.15, 0.2) is 124 Å². The zero-order valence-corrected chi connectivity index (χ0v) is 21.9. The van der Waals surface area contributed by atoms with Crippen molar-refractivity contribution in [1.82, 2.24) is 10.2 Å². The van der Waals surface area contributed by atoms with Crippen molar-refractivity contribution in [2.75, 3.05) is 6.54 Å². The molecule has 1 N–H and O–H groups in total. The van der Waals surface area contributed by atoms with Gasteiger partial charge in [0.05, 0.1) is 0 Å². The molecule has 3 aromatic rings. The average Bonchev–Trinajstić information content (AvgIpc) is 3.29. The highest BCUT2D eigenvalue weighted by Crippen LogP contribution is 2.49. The number of rotatable bonds is 4. The Kier molecular flexibility index (Phi) is 5.84. The molecule has 1 saturated heterocycles. The maximum atomic E-state index is 3.90. The second-order valence-corrected chi connectivity index (χ2v) is 11.1. The molecule has 0 bridgehead atoms. The van der Waals surface area contributed by atoms with Gasteiger partial charge in [0.25, 0.3) is 0 Å². The standard InChI is InChI=1S/C30H26Br2N2/c31-25-16-17-26(32)29-28(25)24-20-34(19-18-27(24)33-29)30(21-10-4-1-5-11-21,22-12-6-2-7-13-22)23-14-8-3-9-15-23/h1-19,24,27-29,33H,20H2. The van der Waals surface area contributed by atoms with E-state index in [-0.39, 0.29) is 0 Å². The van der Waals surface area contributed by atoms with Crippen LogP contribution in [0.4, 0.5) is 0 Å². The SMILES string of the molecule is BrC1=CC=C(Br)C2C1NC1C=CN(C(c3ccccc3)(c3ccccc3)c3ccccc3)CC12. The highest BCUT2D eigenvalue weighted by atomic mass is 79.9. The van der Waals surface area contributed by atoms with E-state index in [9.17, 15) is 0 Å². The summed E-state index contributed by atoms with van der Waals surface area (Å²) >= 11 is 7.72. The fraction of sp³-hybridized carbons (Fsp3) is 0.200. The Morgan fingerprint density at radius 2 is 1.21 bits per heavy atom. The van der Waals surface area contributed by atoms with Crippen molar-refractivity contribution < 1.29 is 0 Å². The van der Waals surface area contributed by atoms with Crippen LogP contribution in [0.2, 0.25) is 0 Å². The largest absolute Gasteiger partial charge is 0.360 e. The van der Waals surface area contributed by atoms with Gasteiger partial charge < -0.3 is 10.2 Å². The van der Waals surface area contributed by atoms with E-state index >= 15 is 0 Å². The second-order valence-electron chi connectivity index (χ2n) is 9.27. The van der Waals surface area contributed by atoms with Crippen molar-refractivity contribution in [3.05, 3.63) is 141 Å². The van der Waals surface area contributed by atoms with Crippen LogP contribution in [-0.2, 0) is 5.54 Å². The van der Waals surface area contributed by atoms with E-state index in [1.807, 2.05) is 0 Å². The maximum Gasteiger partial charge on any atom is 0.116 e. The highest BCUT2D eigenvalue weighted by molar-refractivity contribution is 9.12.